The van der Waals surface area contributed by atoms with Gasteiger partial charge in [-0.15, -0.1) is 0 Å². The number of para-hydroxylation sites is 2. The molecule has 14 amide bonds. The van der Waals surface area contributed by atoms with Crippen molar-refractivity contribution in [1.82, 2.24) is 84.0 Å². The van der Waals surface area contributed by atoms with Gasteiger partial charge in [0.15, 0.2) is 5.96 Å². The number of amides is 14. The van der Waals surface area contributed by atoms with Gasteiger partial charge in [0, 0.05) is 66.6 Å². The Kier molecular flexibility index (Phi) is 41.6. The molecule has 0 spiro atoms. The molecule has 1 fully saturated rings. The number of nitrogens with one attached hydrogen (secondary N) is 15. The number of hydrogen-bond acceptors (Lipinski definition) is 23. The van der Waals surface area contributed by atoms with Crippen molar-refractivity contribution in [3.05, 3.63) is 72.1 Å². The topological polar surface area (TPSA) is 682 Å². The minimum atomic E-state index is -1.72. The van der Waals surface area contributed by atoms with E-state index in [-0.39, 0.29) is 101 Å². The average Bonchev–Trinajstić information content (AvgIpc) is 1.64. The van der Waals surface area contributed by atoms with Gasteiger partial charge < -0.3 is 132 Å². The Bertz CT molecular complexity index is 4220. The average molecular weight is 1700 g/mol. The standard InChI is InChI=1S/C77H117N21O21S/c1-7-41(4)63(74(116)87-42(5)64(106)85-35-60(102)88-50(20-12-13-26-78)67(109)94-56(32-44-34-84-49-19-11-9-17-46(44)49)71(113)96-58(39-101)72(114)92-53(76(118)119)21-14-27-82-77(80)81)97-73(115)59-22-15-28-98(59)75(117)52(23-24-62(104)105)91-69(111)54(30-40(2)3)93-68(110)51(25-29-120-6)90-70(112)55(31-43-33-83-48-18-10-8-16-45(43)48)89-61(103)36-86-66(108)57(38-100)95-65(107)47(79)37-99/h8-11,16-19,33-34,40-42,47,50-59,63,83-84,99-101H,7,12-15,20-32,35-39,78-79H2,1-6H3,(H,85,106)(H,86,108)(H,87,116)(H,88,102)(H,89,103)(H,90,112)(H,91,111)(H,92,114)(H,93,110)(H,94,109)(H,95,107)(H,96,113)(H,97,115)(H,104,105)(H,118,119)(H4,80,81,82)/t41-,42-,47-,50-,51-,52-,53-,54-,55-,56-,57-,58-,59-,63-/m0/s1. The Morgan fingerprint density at radius 2 is 1.02 bits per heavy atom. The number of thioether (sulfide) groups is 1. The number of guanidine groups is 1. The Labute approximate surface area is 696 Å². The van der Waals surface area contributed by atoms with Gasteiger partial charge in [-0.1, -0.05) is 70.5 Å². The van der Waals surface area contributed by atoms with Crippen LogP contribution in [-0.4, -0.2) is 284 Å². The molecule has 28 N–H and O–H groups in total. The Morgan fingerprint density at radius 3 is 1.57 bits per heavy atom. The fourth-order valence-electron chi connectivity index (χ4n) is 13.0. The number of nitrogens with zero attached hydrogens (tertiary/aromatic N) is 2. The molecule has 4 aromatic rings. The number of aliphatic imine (C=N–C) groups is 1. The second kappa shape index (κ2) is 50.4. The van der Waals surface area contributed by atoms with E-state index < -0.39 is 225 Å². The number of aromatic amines is 2. The number of aliphatic hydroxyl groups excluding tert-OH is 3. The number of hydrogen-bond donors (Lipinski definition) is 24. The lowest BCUT2D eigenvalue weighted by Crippen LogP contribution is -2.60. The van der Waals surface area contributed by atoms with E-state index in [2.05, 4.69) is 84.1 Å². The number of carboxylic acid groups (broad SMARTS) is 2. The van der Waals surface area contributed by atoms with Gasteiger partial charge in [-0.3, -0.25) is 76.9 Å². The second-order valence-electron chi connectivity index (χ2n) is 29.6. The number of carboxylic acids is 2. The number of rotatable bonds is 53. The van der Waals surface area contributed by atoms with E-state index in [1.165, 1.54) is 18.7 Å². The van der Waals surface area contributed by atoms with Crippen LogP contribution in [0.25, 0.3) is 21.8 Å². The smallest absolute Gasteiger partial charge is 0.326 e. The van der Waals surface area contributed by atoms with Gasteiger partial charge >= 0.3 is 11.9 Å². The third-order valence-corrected chi connectivity index (χ3v) is 20.5. The van der Waals surface area contributed by atoms with Crippen molar-refractivity contribution in [2.45, 2.75) is 203 Å². The summed E-state index contributed by atoms with van der Waals surface area (Å²) in [6.07, 6.45) is 4.57. The molecule has 1 aliphatic rings. The highest BCUT2D eigenvalue weighted by Crippen LogP contribution is 2.24. The third-order valence-electron chi connectivity index (χ3n) is 19.9. The molecule has 1 saturated heterocycles. The normalized spacial score (nSPS) is 15.8. The second-order valence-corrected chi connectivity index (χ2v) is 30.6. The van der Waals surface area contributed by atoms with Crippen LogP contribution < -0.4 is 92.1 Å². The van der Waals surface area contributed by atoms with Crippen LogP contribution in [0.1, 0.15) is 123 Å². The quantitative estimate of drug-likeness (QED) is 0.0111. The van der Waals surface area contributed by atoms with E-state index in [4.69, 9.17) is 22.9 Å². The number of carbonyl (C=O) groups is 16. The molecule has 0 radical (unpaired) electrons. The number of likely N-dealkylation sites (tertiary alicyclic amines) is 1. The van der Waals surface area contributed by atoms with E-state index in [1.807, 2.05) is 0 Å². The lowest BCUT2D eigenvalue weighted by molar-refractivity contribution is -0.144. The number of H-pyrrole nitrogens is 2. The number of benzene rings is 2. The Morgan fingerprint density at radius 1 is 0.542 bits per heavy atom. The van der Waals surface area contributed by atoms with E-state index >= 15 is 0 Å². The molecule has 1 aliphatic heterocycles. The monoisotopic (exact) mass is 1700 g/mol. The van der Waals surface area contributed by atoms with Crippen molar-refractivity contribution >= 4 is 134 Å². The molecule has 662 valence electrons. The molecule has 0 aliphatic carbocycles. The lowest BCUT2D eigenvalue weighted by atomic mass is 9.97. The maximum absolute atomic E-state index is 14.8. The predicted octanol–water partition coefficient (Wildman–Crippen LogP) is -5.71. The maximum atomic E-state index is 14.8. The van der Waals surface area contributed by atoms with Crippen LogP contribution in [0.15, 0.2) is 65.9 Å². The number of aliphatic hydroxyl groups is 3. The fraction of sp³-hybridized carbons (Fsp3) is 0.571. The summed E-state index contributed by atoms with van der Waals surface area (Å²) in [5.41, 5.74) is 24.5. The van der Waals surface area contributed by atoms with Gasteiger partial charge in [-0.25, -0.2) is 4.79 Å². The zero-order valence-corrected chi connectivity index (χ0v) is 68.9. The summed E-state index contributed by atoms with van der Waals surface area (Å²) in [5.74, 6) is -16.5. The molecule has 120 heavy (non-hydrogen) atoms. The first kappa shape index (κ1) is 99.0. The van der Waals surface area contributed by atoms with Crippen LogP contribution in [0.4, 0.5) is 0 Å². The minimum absolute atomic E-state index is 0.0244. The maximum Gasteiger partial charge on any atom is 0.326 e. The molecular formula is C77H117N21O21S. The fourth-order valence-corrected chi connectivity index (χ4v) is 13.5. The number of nitrogens with two attached hydrogens (primary N) is 4. The summed E-state index contributed by atoms with van der Waals surface area (Å²) in [7, 11) is 0. The van der Waals surface area contributed by atoms with Crippen LogP contribution in [0, 0.1) is 11.8 Å². The summed E-state index contributed by atoms with van der Waals surface area (Å²) in [5, 5.41) is 83.1. The first-order valence-electron chi connectivity index (χ1n) is 39.6. The van der Waals surface area contributed by atoms with Gasteiger partial charge in [0.05, 0.1) is 32.9 Å². The van der Waals surface area contributed by atoms with Crippen LogP contribution in [0.5, 0.6) is 0 Å². The summed E-state index contributed by atoms with van der Waals surface area (Å²) >= 11 is 1.32. The SMILES string of the molecule is CC[C@H](C)[C@H](NC(=O)[C@@H]1CCCN1C(=O)[C@H](CCC(=O)O)NC(=O)[C@H](CC(C)C)NC(=O)[C@H](CCSC)NC(=O)[C@H](Cc1c[nH]c2ccccc12)NC(=O)CNC(=O)[C@H](CO)NC(=O)[C@@H](N)CO)C(=O)N[C@@H](C)C(=O)NCC(=O)N[C@@H](CCCCN)C(=O)N[C@@H](Cc1c[nH]c2ccccc12)C(=O)N[C@@H](CO)C(=O)N[C@@H](CCCN=C(N)N)C(=O)O. The van der Waals surface area contributed by atoms with Crippen LogP contribution in [-0.2, 0) is 89.6 Å². The van der Waals surface area contributed by atoms with Crippen LogP contribution in [0.3, 0.4) is 0 Å². The predicted molar refractivity (Wildman–Crippen MR) is 440 cm³/mol. The highest BCUT2D eigenvalue weighted by molar-refractivity contribution is 7.98. The van der Waals surface area contributed by atoms with Gasteiger partial charge in [0.1, 0.15) is 78.5 Å². The highest BCUT2D eigenvalue weighted by atomic mass is 32.2. The summed E-state index contributed by atoms with van der Waals surface area (Å²) in [4.78, 5) is 231. The molecule has 2 aromatic carbocycles. The van der Waals surface area contributed by atoms with Gasteiger partial charge in [0.25, 0.3) is 0 Å². The zero-order valence-electron chi connectivity index (χ0n) is 68.1. The van der Waals surface area contributed by atoms with Crippen LogP contribution in [0.2, 0.25) is 0 Å². The van der Waals surface area contributed by atoms with Crippen LogP contribution >= 0.6 is 11.8 Å². The van der Waals surface area contributed by atoms with Crippen molar-refractivity contribution in [2.75, 3.05) is 64.6 Å². The first-order valence-corrected chi connectivity index (χ1v) is 41.0. The van der Waals surface area contributed by atoms with Gasteiger partial charge in [0.2, 0.25) is 82.7 Å². The third kappa shape index (κ3) is 31.6. The van der Waals surface area contributed by atoms with Crippen molar-refractivity contribution in [3.8, 4) is 0 Å². The largest absolute Gasteiger partial charge is 0.481 e. The molecule has 5 rings (SSSR count). The van der Waals surface area contributed by atoms with Crippen molar-refractivity contribution in [2.24, 2.45) is 39.8 Å². The Hall–Kier alpha value is -11.5. The summed E-state index contributed by atoms with van der Waals surface area (Å²) in [6, 6.07) is -4.86. The van der Waals surface area contributed by atoms with Crippen molar-refractivity contribution in [3.63, 3.8) is 0 Å². The minimum Gasteiger partial charge on any atom is -0.481 e. The van der Waals surface area contributed by atoms with Gasteiger partial charge in [-0.05, 0) is 125 Å². The Balaban J connectivity index is 1.27. The van der Waals surface area contributed by atoms with Crippen molar-refractivity contribution < 1.29 is 102 Å². The number of carbonyl (C=O) groups excluding carboxylic acids is 14. The molecule has 14 atom stereocenters. The molecule has 0 bridgehead atoms. The highest BCUT2D eigenvalue weighted by Gasteiger charge is 2.42. The molecule has 3 heterocycles. The molecule has 42 nitrogen and oxygen atoms in total. The van der Waals surface area contributed by atoms with E-state index in [9.17, 15) is 102 Å². The summed E-state index contributed by atoms with van der Waals surface area (Å²) in [6.45, 7) is 4.10. The molecule has 0 unspecified atom stereocenters. The number of unbranched alkanes of at least 4 members (excludes halogenated alkanes) is 1. The van der Waals surface area contributed by atoms with E-state index in [0.29, 0.717) is 45.8 Å². The van der Waals surface area contributed by atoms with E-state index in [0.717, 1.165) is 4.90 Å². The molecular weight excluding hydrogens is 1590 g/mol. The number of aliphatic carboxylic acids is 2. The van der Waals surface area contributed by atoms with E-state index in [1.54, 1.807) is 94.9 Å². The number of fused-ring (bicyclic) bond motifs is 2. The molecule has 0 saturated carbocycles. The van der Waals surface area contributed by atoms with Gasteiger partial charge in [-0.2, -0.15) is 11.8 Å². The summed E-state index contributed by atoms with van der Waals surface area (Å²) < 4.78 is 0. The zero-order chi connectivity index (χ0) is 88.9. The molecule has 2 aromatic heterocycles. The lowest BCUT2D eigenvalue weighted by Gasteiger charge is -2.32. The number of aromatic nitrogens is 2. The first-order chi connectivity index (χ1) is 57.1. The van der Waals surface area contributed by atoms with Crippen molar-refractivity contribution in [1.29, 1.82) is 0 Å². The molecule has 43 heteroatoms.